The minimum absolute atomic E-state index is 0.157. The second-order valence-electron chi connectivity index (χ2n) is 3.28. The monoisotopic (exact) mass is 298 g/mol. The zero-order chi connectivity index (χ0) is 12.3. The van der Waals surface area contributed by atoms with Gasteiger partial charge in [0, 0.05) is 6.54 Å². The predicted octanol–water partition coefficient (Wildman–Crippen LogP) is 0.756. The largest absolute Gasteiger partial charge is 0.375 e. The zero-order valence-corrected chi connectivity index (χ0v) is 10.7. The van der Waals surface area contributed by atoms with Gasteiger partial charge >= 0.3 is 0 Å². The number of H-pyrrole nitrogens is 1. The van der Waals surface area contributed by atoms with Crippen LogP contribution in [-0.2, 0) is 13.1 Å². The lowest BCUT2D eigenvalue weighted by Crippen LogP contribution is -2.23. The highest BCUT2D eigenvalue weighted by atomic mass is 79.9. The maximum Gasteiger partial charge on any atom is 0.283 e. The van der Waals surface area contributed by atoms with Crippen molar-refractivity contribution >= 4 is 21.6 Å². The Balaban J connectivity index is 2.17. The molecule has 7 nitrogen and oxygen atoms in total. The molecule has 0 radical (unpaired) electrons. The van der Waals surface area contributed by atoms with E-state index in [9.17, 15) is 4.79 Å². The molecular weight excluding hydrogens is 288 g/mol. The van der Waals surface area contributed by atoms with Crippen molar-refractivity contribution in [3.8, 4) is 0 Å². The zero-order valence-electron chi connectivity index (χ0n) is 9.14. The van der Waals surface area contributed by atoms with E-state index in [0.717, 1.165) is 0 Å². The van der Waals surface area contributed by atoms with Crippen molar-refractivity contribution in [2.75, 3.05) is 5.32 Å². The minimum atomic E-state index is -0.157. The van der Waals surface area contributed by atoms with Gasteiger partial charge in [0.25, 0.3) is 5.56 Å². The molecule has 2 heterocycles. The van der Waals surface area contributed by atoms with Gasteiger partial charge in [0.1, 0.15) is 16.6 Å². The quantitative estimate of drug-likeness (QED) is 0.870. The second kappa shape index (κ2) is 5.09. The molecule has 0 spiro atoms. The summed E-state index contributed by atoms with van der Waals surface area (Å²) in [6.07, 6.45) is 3.03. The lowest BCUT2D eigenvalue weighted by atomic mass is 10.4. The summed E-state index contributed by atoms with van der Waals surface area (Å²) in [7, 11) is 0. The van der Waals surface area contributed by atoms with E-state index in [1.807, 2.05) is 6.92 Å². The van der Waals surface area contributed by atoms with E-state index in [1.54, 1.807) is 6.20 Å². The van der Waals surface area contributed by atoms with E-state index in [1.165, 1.54) is 11.0 Å². The van der Waals surface area contributed by atoms with Crippen LogP contribution in [0.3, 0.4) is 0 Å². The number of halogens is 1. The van der Waals surface area contributed by atoms with E-state index in [0.29, 0.717) is 29.1 Å². The van der Waals surface area contributed by atoms with Crippen LogP contribution in [0.4, 0.5) is 5.69 Å². The number of nitrogens with zero attached hydrogens (tertiary/aromatic N) is 4. The number of hydrogen-bond acceptors (Lipinski definition) is 5. The molecule has 0 atom stereocenters. The van der Waals surface area contributed by atoms with Crippen LogP contribution in [0.25, 0.3) is 0 Å². The van der Waals surface area contributed by atoms with Crippen molar-refractivity contribution in [3.05, 3.63) is 33.2 Å². The molecule has 0 fully saturated rings. The first kappa shape index (κ1) is 11.8. The minimum Gasteiger partial charge on any atom is -0.375 e. The molecule has 2 aromatic heterocycles. The van der Waals surface area contributed by atoms with E-state index in [2.05, 4.69) is 41.5 Å². The molecular formula is C9H11BrN6O. The van der Waals surface area contributed by atoms with Crippen LogP contribution in [0.15, 0.2) is 21.8 Å². The summed E-state index contributed by atoms with van der Waals surface area (Å²) >= 11 is 3.25. The van der Waals surface area contributed by atoms with Crippen molar-refractivity contribution in [1.29, 1.82) is 0 Å². The Morgan fingerprint density at radius 3 is 3.06 bits per heavy atom. The highest BCUT2D eigenvalue weighted by Crippen LogP contribution is 2.16. The Labute approximate surface area is 105 Å². The molecule has 0 aliphatic rings. The standard InChI is InChI=1S/C9H11BrN6O/c1-2-16-9(17)8(10)6(3-14-16)11-4-7-12-5-13-15-7/h3,5,11H,2,4H2,1H3,(H,12,13,15). The molecule has 0 aromatic carbocycles. The van der Waals surface area contributed by atoms with Crippen molar-refractivity contribution in [1.82, 2.24) is 25.0 Å². The van der Waals surface area contributed by atoms with Gasteiger partial charge in [0.2, 0.25) is 0 Å². The van der Waals surface area contributed by atoms with Crippen LogP contribution in [-0.4, -0.2) is 25.0 Å². The maximum atomic E-state index is 11.8. The smallest absolute Gasteiger partial charge is 0.283 e. The Hall–Kier alpha value is -1.70. The number of anilines is 1. The van der Waals surface area contributed by atoms with E-state index in [-0.39, 0.29) is 5.56 Å². The molecule has 0 unspecified atom stereocenters. The lowest BCUT2D eigenvalue weighted by Gasteiger charge is -2.07. The first-order chi connectivity index (χ1) is 8.22. The number of aromatic nitrogens is 5. The normalized spacial score (nSPS) is 10.5. The number of aromatic amines is 1. The van der Waals surface area contributed by atoms with Crippen molar-refractivity contribution in [3.63, 3.8) is 0 Å². The SMILES string of the molecule is CCn1ncc(NCc2ncn[nH]2)c(Br)c1=O. The van der Waals surface area contributed by atoms with Gasteiger partial charge in [0.05, 0.1) is 18.4 Å². The predicted molar refractivity (Wildman–Crippen MR) is 65.6 cm³/mol. The molecule has 8 heteroatoms. The summed E-state index contributed by atoms with van der Waals surface area (Å²) in [5, 5.41) is 13.5. The maximum absolute atomic E-state index is 11.8. The van der Waals surface area contributed by atoms with Gasteiger partial charge in [-0.1, -0.05) is 0 Å². The molecule has 0 bridgehead atoms. The molecule has 2 aromatic rings. The van der Waals surface area contributed by atoms with Crippen LogP contribution in [0, 0.1) is 0 Å². The number of hydrogen-bond donors (Lipinski definition) is 2. The van der Waals surface area contributed by atoms with Crippen molar-refractivity contribution in [2.24, 2.45) is 0 Å². The van der Waals surface area contributed by atoms with E-state index < -0.39 is 0 Å². The van der Waals surface area contributed by atoms with Gasteiger partial charge in [0.15, 0.2) is 0 Å². The topological polar surface area (TPSA) is 88.5 Å². The summed E-state index contributed by atoms with van der Waals surface area (Å²) in [4.78, 5) is 15.7. The Bertz CT molecular complexity index is 549. The lowest BCUT2D eigenvalue weighted by molar-refractivity contribution is 0.612. The molecule has 17 heavy (non-hydrogen) atoms. The highest BCUT2D eigenvalue weighted by Gasteiger charge is 2.07. The Kier molecular flexibility index (Phi) is 3.52. The first-order valence-electron chi connectivity index (χ1n) is 5.06. The van der Waals surface area contributed by atoms with E-state index >= 15 is 0 Å². The summed E-state index contributed by atoms with van der Waals surface area (Å²) in [5.74, 6) is 0.691. The number of aryl methyl sites for hydroxylation is 1. The summed E-state index contributed by atoms with van der Waals surface area (Å²) in [6, 6.07) is 0. The molecule has 0 aliphatic heterocycles. The van der Waals surface area contributed by atoms with Gasteiger partial charge in [-0.15, -0.1) is 0 Å². The van der Waals surface area contributed by atoms with E-state index in [4.69, 9.17) is 0 Å². The van der Waals surface area contributed by atoms with Crippen LogP contribution >= 0.6 is 15.9 Å². The Morgan fingerprint density at radius 1 is 1.59 bits per heavy atom. The Morgan fingerprint density at radius 2 is 2.41 bits per heavy atom. The van der Waals surface area contributed by atoms with Gasteiger partial charge in [-0.05, 0) is 22.9 Å². The van der Waals surface area contributed by atoms with Gasteiger partial charge in [-0.2, -0.15) is 10.2 Å². The first-order valence-corrected chi connectivity index (χ1v) is 5.85. The van der Waals surface area contributed by atoms with Crippen molar-refractivity contribution in [2.45, 2.75) is 20.0 Å². The fraction of sp³-hybridized carbons (Fsp3) is 0.333. The van der Waals surface area contributed by atoms with Crippen LogP contribution < -0.4 is 10.9 Å². The summed E-state index contributed by atoms with van der Waals surface area (Å²) in [6.45, 7) is 2.86. The average Bonchev–Trinajstić information content (AvgIpc) is 2.84. The van der Waals surface area contributed by atoms with Gasteiger partial charge < -0.3 is 5.32 Å². The van der Waals surface area contributed by atoms with Gasteiger partial charge in [-0.3, -0.25) is 9.89 Å². The molecule has 90 valence electrons. The summed E-state index contributed by atoms with van der Waals surface area (Å²) in [5.41, 5.74) is 0.478. The molecule has 2 N–H and O–H groups in total. The number of nitrogens with one attached hydrogen (secondary N) is 2. The van der Waals surface area contributed by atoms with Crippen LogP contribution in [0.2, 0.25) is 0 Å². The molecule has 0 saturated carbocycles. The third-order valence-electron chi connectivity index (χ3n) is 2.20. The molecule has 2 rings (SSSR count). The molecule has 0 amide bonds. The fourth-order valence-corrected chi connectivity index (χ4v) is 1.76. The van der Waals surface area contributed by atoms with Crippen molar-refractivity contribution < 1.29 is 0 Å². The third-order valence-corrected chi connectivity index (χ3v) is 2.96. The molecule has 0 saturated heterocycles. The second-order valence-corrected chi connectivity index (χ2v) is 4.07. The fourth-order valence-electron chi connectivity index (χ4n) is 1.31. The third kappa shape index (κ3) is 2.52. The van der Waals surface area contributed by atoms with Crippen LogP contribution in [0.1, 0.15) is 12.7 Å². The summed E-state index contributed by atoms with van der Waals surface area (Å²) < 4.78 is 1.85. The average molecular weight is 299 g/mol. The molecule has 0 aliphatic carbocycles. The van der Waals surface area contributed by atoms with Crippen LogP contribution in [0.5, 0.6) is 0 Å². The van der Waals surface area contributed by atoms with Gasteiger partial charge in [-0.25, -0.2) is 9.67 Å². The highest BCUT2D eigenvalue weighted by molar-refractivity contribution is 9.10. The number of rotatable bonds is 4.